The highest BCUT2D eigenvalue weighted by Crippen LogP contribution is 2.33. The van der Waals surface area contributed by atoms with Gasteiger partial charge in [-0.2, -0.15) is 0 Å². The molecule has 1 aromatic carbocycles. The summed E-state index contributed by atoms with van der Waals surface area (Å²) in [6.45, 7) is 2.14. The molecule has 1 atom stereocenters. The number of aryl methyl sites for hydroxylation is 1. The molecule has 4 aromatic rings. The Morgan fingerprint density at radius 1 is 1.25 bits per heavy atom. The fourth-order valence-electron chi connectivity index (χ4n) is 2.67. The minimum absolute atomic E-state index is 0.336. The lowest BCUT2D eigenvalue weighted by molar-refractivity contribution is 0.0754. The summed E-state index contributed by atoms with van der Waals surface area (Å²) in [6, 6.07) is 10.2. The first-order chi connectivity index (χ1) is 11.5. The molecule has 2 N–H and O–H groups in total. The van der Waals surface area contributed by atoms with Gasteiger partial charge in [-0.3, -0.25) is 0 Å². The molecule has 7 heteroatoms. The Bertz CT molecular complexity index is 987. The summed E-state index contributed by atoms with van der Waals surface area (Å²) in [4.78, 5) is 13.7. The van der Waals surface area contributed by atoms with Crippen molar-refractivity contribution < 1.29 is 5.11 Å². The number of nitrogens with zero attached hydrogens (tertiary/aromatic N) is 4. The van der Waals surface area contributed by atoms with Gasteiger partial charge in [0.15, 0.2) is 11.5 Å². The third kappa shape index (κ3) is 2.51. The lowest BCUT2D eigenvalue weighted by Crippen LogP contribution is -2.30. The average Bonchev–Trinajstić information content (AvgIpc) is 3.18. The molecule has 1 unspecified atom stereocenters. The molecule has 6 nitrogen and oxygen atoms in total. The summed E-state index contributed by atoms with van der Waals surface area (Å²) in [6.07, 6.45) is 3.20. The fourth-order valence-corrected chi connectivity index (χ4v) is 3.77. The SMILES string of the molecule is Cn1cnc2c(NCC(C)(O)c3cc4ccccc4s3)ncnc21. The number of nitrogens with one attached hydrogen (secondary N) is 1. The van der Waals surface area contributed by atoms with Crippen LogP contribution in [0.2, 0.25) is 0 Å². The summed E-state index contributed by atoms with van der Waals surface area (Å²) in [5, 5.41) is 15.3. The lowest BCUT2D eigenvalue weighted by Gasteiger charge is -2.22. The van der Waals surface area contributed by atoms with Crippen LogP contribution in [0.1, 0.15) is 11.8 Å². The number of aromatic nitrogens is 4. The van der Waals surface area contributed by atoms with Crippen molar-refractivity contribution in [2.45, 2.75) is 12.5 Å². The van der Waals surface area contributed by atoms with Crippen molar-refractivity contribution in [1.29, 1.82) is 0 Å². The van der Waals surface area contributed by atoms with Gasteiger partial charge in [-0.1, -0.05) is 18.2 Å². The molecule has 0 aliphatic carbocycles. The lowest BCUT2D eigenvalue weighted by atomic mass is 10.0. The number of hydrogen-bond donors (Lipinski definition) is 2. The van der Waals surface area contributed by atoms with Gasteiger partial charge in [0, 0.05) is 23.2 Å². The second kappa shape index (κ2) is 5.54. The van der Waals surface area contributed by atoms with Crippen molar-refractivity contribution in [3.05, 3.63) is 47.9 Å². The minimum Gasteiger partial charge on any atom is -0.383 e. The van der Waals surface area contributed by atoms with Crippen LogP contribution < -0.4 is 5.32 Å². The van der Waals surface area contributed by atoms with E-state index in [-0.39, 0.29) is 0 Å². The van der Waals surface area contributed by atoms with Gasteiger partial charge < -0.3 is 15.0 Å². The number of rotatable bonds is 4. The molecule has 0 amide bonds. The highest BCUT2D eigenvalue weighted by molar-refractivity contribution is 7.19. The zero-order valence-corrected chi connectivity index (χ0v) is 14.2. The molecule has 122 valence electrons. The fraction of sp³-hybridized carbons (Fsp3) is 0.235. The first-order valence-corrected chi connectivity index (χ1v) is 8.43. The van der Waals surface area contributed by atoms with Crippen molar-refractivity contribution in [3.8, 4) is 0 Å². The molecule has 4 rings (SSSR count). The molecular weight excluding hydrogens is 322 g/mol. The molecule has 0 spiro atoms. The maximum atomic E-state index is 10.9. The van der Waals surface area contributed by atoms with Crippen LogP contribution in [-0.4, -0.2) is 31.2 Å². The molecule has 3 aromatic heterocycles. The van der Waals surface area contributed by atoms with Crippen LogP contribution in [0.5, 0.6) is 0 Å². The highest BCUT2D eigenvalue weighted by Gasteiger charge is 2.26. The Morgan fingerprint density at radius 2 is 2.08 bits per heavy atom. The summed E-state index contributed by atoms with van der Waals surface area (Å²) < 4.78 is 3.01. The quantitative estimate of drug-likeness (QED) is 0.598. The van der Waals surface area contributed by atoms with E-state index in [1.54, 1.807) is 17.7 Å². The largest absolute Gasteiger partial charge is 0.383 e. The number of imidazole rings is 1. The van der Waals surface area contributed by atoms with Gasteiger partial charge in [0.25, 0.3) is 0 Å². The molecule has 0 bridgehead atoms. The van der Waals surface area contributed by atoms with Gasteiger partial charge in [0.05, 0.1) is 6.33 Å². The van der Waals surface area contributed by atoms with Crippen LogP contribution in [0.25, 0.3) is 21.3 Å². The second-order valence-corrected chi connectivity index (χ2v) is 7.11. The van der Waals surface area contributed by atoms with Gasteiger partial charge in [-0.05, 0) is 24.4 Å². The summed E-state index contributed by atoms with van der Waals surface area (Å²) in [7, 11) is 1.89. The summed E-state index contributed by atoms with van der Waals surface area (Å²) in [5.41, 5.74) is 0.455. The van der Waals surface area contributed by atoms with Crippen molar-refractivity contribution >= 4 is 38.4 Å². The standard InChI is InChI=1S/C17H17N5OS/c1-17(23,13-7-11-5-3-4-6-12(11)24-13)8-18-15-14-16(20-9-19-15)22(2)10-21-14/h3-7,9-10,23H,8H2,1-2H3,(H,18,19,20). The average molecular weight is 339 g/mol. The van der Waals surface area contributed by atoms with Crippen LogP contribution >= 0.6 is 11.3 Å². The van der Waals surface area contributed by atoms with E-state index < -0.39 is 5.60 Å². The first-order valence-electron chi connectivity index (χ1n) is 7.62. The summed E-state index contributed by atoms with van der Waals surface area (Å²) >= 11 is 1.60. The van der Waals surface area contributed by atoms with Crippen LogP contribution in [-0.2, 0) is 12.6 Å². The zero-order valence-electron chi connectivity index (χ0n) is 13.4. The number of hydrogen-bond acceptors (Lipinski definition) is 6. The van der Waals surface area contributed by atoms with E-state index in [1.807, 2.05) is 36.7 Å². The third-order valence-electron chi connectivity index (χ3n) is 4.05. The van der Waals surface area contributed by atoms with Gasteiger partial charge >= 0.3 is 0 Å². The molecule has 3 heterocycles. The smallest absolute Gasteiger partial charge is 0.165 e. The molecule has 0 radical (unpaired) electrons. The Morgan fingerprint density at radius 3 is 2.92 bits per heavy atom. The third-order valence-corrected chi connectivity index (χ3v) is 5.42. The van der Waals surface area contributed by atoms with Crippen LogP contribution in [0.3, 0.4) is 0 Å². The molecule has 0 fully saturated rings. The van der Waals surface area contributed by atoms with E-state index in [4.69, 9.17) is 0 Å². The van der Waals surface area contributed by atoms with Crippen LogP contribution in [0, 0.1) is 0 Å². The van der Waals surface area contributed by atoms with Crippen LogP contribution in [0.4, 0.5) is 5.82 Å². The predicted molar refractivity (Wildman–Crippen MR) is 96.2 cm³/mol. The Labute approximate surface area is 142 Å². The van der Waals surface area contributed by atoms with E-state index in [9.17, 15) is 5.11 Å². The van der Waals surface area contributed by atoms with Gasteiger partial charge in [-0.25, -0.2) is 15.0 Å². The number of thiophene rings is 1. The number of fused-ring (bicyclic) bond motifs is 2. The second-order valence-electron chi connectivity index (χ2n) is 6.03. The minimum atomic E-state index is -1.00. The maximum absolute atomic E-state index is 10.9. The maximum Gasteiger partial charge on any atom is 0.165 e. The highest BCUT2D eigenvalue weighted by atomic mass is 32.1. The molecular formula is C17H17N5OS. The topological polar surface area (TPSA) is 75.9 Å². The first kappa shape index (κ1) is 15.0. The monoisotopic (exact) mass is 339 g/mol. The van der Waals surface area contributed by atoms with Crippen molar-refractivity contribution in [1.82, 2.24) is 19.5 Å². The molecule has 0 aliphatic heterocycles. The number of anilines is 1. The van der Waals surface area contributed by atoms with E-state index >= 15 is 0 Å². The molecule has 24 heavy (non-hydrogen) atoms. The van der Waals surface area contributed by atoms with E-state index in [0.29, 0.717) is 17.9 Å². The Kier molecular flexibility index (Phi) is 3.47. The predicted octanol–water partition coefficient (Wildman–Crippen LogP) is 2.90. The van der Waals surface area contributed by atoms with Gasteiger partial charge in [-0.15, -0.1) is 11.3 Å². The van der Waals surface area contributed by atoms with E-state index in [2.05, 4.69) is 32.4 Å². The van der Waals surface area contributed by atoms with Gasteiger partial charge in [0.2, 0.25) is 0 Å². The summed E-state index contributed by atoms with van der Waals surface area (Å²) in [5.74, 6) is 0.627. The molecule has 0 aliphatic rings. The van der Waals surface area contributed by atoms with Crippen molar-refractivity contribution in [2.75, 3.05) is 11.9 Å². The van der Waals surface area contributed by atoms with E-state index in [0.717, 1.165) is 15.9 Å². The van der Waals surface area contributed by atoms with Crippen molar-refractivity contribution in [2.24, 2.45) is 7.05 Å². The Hall–Kier alpha value is -2.51. The molecule has 0 saturated carbocycles. The van der Waals surface area contributed by atoms with Crippen LogP contribution in [0.15, 0.2) is 43.0 Å². The van der Waals surface area contributed by atoms with Gasteiger partial charge in [0.1, 0.15) is 17.4 Å². The normalized spacial score (nSPS) is 14.1. The molecule has 0 saturated heterocycles. The number of benzene rings is 1. The zero-order chi connectivity index (χ0) is 16.7. The number of aliphatic hydroxyl groups is 1. The van der Waals surface area contributed by atoms with E-state index in [1.165, 1.54) is 11.0 Å². The van der Waals surface area contributed by atoms with Crippen molar-refractivity contribution in [3.63, 3.8) is 0 Å². The Balaban J connectivity index is 1.61.